The molecule has 1 aromatic carbocycles. The number of aryl methyl sites for hydroxylation is 2. The predicted molar refractivity (Wildman–Crippen MR) is 93.1 cm³/mol. The molecule has 1 saturated heterocycles. The zero-order chi connectivity index (χ0) is 15.5. The van der Waals surface area contributed by atoms with Crippen molar-refractivity contribution in [2.75, 3.05) is 29.5 Å². The van der Waals surface area contributed by atoms with Gasteiger partial charge in [0.2, 0.25) is 5.95 Å². The molecule has 22 heavy (non-hydrogen) atoms. The second-order valence-electron chi connectivity index (χ2n) is 5.72. The molecule has 0 radical (unpaired) electrons. The third kappa shape index (κ3) is 3.35. The third-order valence-corrected chi connectivity index (χ3v) is 4.96. The number of thioether (sulfide) groups is 1. The molecule has 0 unspecified atom stereocenters. The van der Waals surface area contributed by atoms with Gasteiger partial charge in [-0.05, 0) is 19.4 Å². The van der Waals surface area contributed by atoms with E-state index < -0.39 is 0 Å². The number of nitrogens with one attached hydrogen (secondary N) is 1. The maximum Gasteiger partial charge on any atom is 0.256 e. The Kier molecular flexibility index (Phi) is 4.52. The number of H-pyrrole nitrogens is 1. The molecule has 0 saturated carbocycles. The first-order chi connectivity index (χ1) is 10.6. The van der Waals surface area contributed by atoms with Crippen LogP contribution in [0.2, 0.25) is 0 Å². The van der Waals surface area contributed by atoms with E-state index in [0.717, 1.165) is 47.4 Å². The number of benzene rings is 1. The molecular weight excluding hydrogens is 294 g/mol. The lowest BCUT2D eigenvalue weighted by Gasteiger charge is -2.27. The number of aromatic amines is 1. The standard InChI is InChI=1S/C17H21N3OS/c1-12-3-5-14(6-4-12)11-15-13(2)18-17(19-16(15)21)20-7-9-22-10-8-20/h3-6H,7-11H2,1-2H3,(H,18,19,21). The molecule has 116 valence electrons. The summed E-state index contributed by atoms with van der Waals surface area (Å²) in [7, 11) is 0. The van der Waals surface area contributed by atoms with Gasteiger partial charge < -0.3 is 4.90 Å². The fraction of sp³-hybridized carbons (Fsp3) is 0.412. The van der Waals surface area contributed by atoms with Gasteiger partial charge in [0.05, 0.1) is 5.69 Å². The van der Waals surface area contributed by atoms with E-state index in [1.165, 1.54) is 5.56 Å². The van der Waals surface area contributed by atoms with Gasteiger partial charge >= 0.3 is 0 Å². The van der Waals surface area contributed by atoms with Crippen molar-refractivity contribution in [3.05, 3.63) is 57.0 Å². The summed E-state index contributed by atoms with van der Waals surface area (Å²) < 4.78 is 0. The molecule has 1 aliphatic rings. The van der Waals surface area contributed by atoms with E-state index in [-0.39, 0.29) is 5.56 Å². The number of rotatable bonds is 3. The van der Waals surface area contributed by atoms with Gasteiger partial charge in [0.1, 0.15) is 0 Å². The molecule has 1 aromatic heterocycles. The van der Waals surface area contributed by atoms with Gasteiger partial charge in [-0.2, -0.15) is 11.8 Å². The highest BCUT2D eigenvalue weighted by molar-refractivity contribution is 7.99. The summed E-state index contributed by atoms with van der Waals surface area (Å²) in [5.41, 5.74) is 3.95. The van der Waals surface area contributed by atoms with Gasteiger partial charge in [0.25, 0.3) is 5.56 Å². The lowest BCUT2D eigenvalue weighted by Crippen LogP contribution is -2.35. The van der Waals surface area contributed by atoms with E-state index in [2.05, 4.69) is 46.1 Å². The van der Waals surface area contributed by atoms with E-state index in [9.17, 15) is 4.79 Å². The van der Waals surface area contributed by atoms with Gasteiger partial charge in [-0.25, -0.2) is 4.98 Å². The smallest absolute Gasteiger partial charge is 0.256 e. The summed E-state index contributed by atoms with van der Waals surface area (Å²) in [5, 5.41) is 0. The highest BCUT2D eigenvalue weighted by atomic mass is 32.2. The molecule has 2 heterocycles. The monoisotopic (exact) mass is 315 g/mol. The Hall–Kier alpha value is -1.75. The van der Waals surface area contributed by atoms with Crippen LogP contribution in [0.4, 0.5) is 5.95 Å². The van der Waals surface area contributed by atoms with Crippen molar-refractivity contribution >= 4 is 17.7 Å². The van der Waals surface area contributed by atoms with Crippen LogP contribution in [0.5, 0.6) is 0 Å². The van der Waals surface area contributed by atoms with Crippen LogP contribution in [0, 0.1) is 13.8 Å². The van der Waals surface area contributed by atoms with Crippen LogP contribution in [0.1, 0.15) is 22.4 Å². The average molecular weight is 315 g/mol. The lowest BCUT2D eigenvalue weighted by molar-refractivity contribution is 0.799. The van der Waals surface area contributed by atoms with Crippen LogP contribution < -0.4 is 10.5 Å². The predicted octanol–water partition coefficient (Wildman–Crippen LogP) is 2.53. The first-order valence-corrected chi connectivity index (χ1v) is 8.77. The molecule has 1 aliphatic heterocycles. The number of hydrogen-bond acceptors (Lipinski definition) is 4. The van der Waals surface area contributed by atoms with Crippen molar-refractivity contribution in [1.29, 1.82) is 0 Å². The number of hydrogen-bond donors (Lipinski definition) is 1. The van der Waals surface area contributed by atoms with Crippen LogP contribution in [0.25, 0.3) is 0 Å². The molecular formula is C17H21N3OS. The lowest BCUT2D eigenvalue weighted by atomic mass is 10.0. The minimum atomic E-state index is -0.0127. The van der Waals surface area contributed by atoms with Crippen molar-refractivity contribution in [2.45, 2.75) is 20.3 Å². The Morgan fingerprint density at radius 1 is 1.18 bits per heavy atom. The van der Waals surface area contributed by atoms with Crippen LogP contribution in [0.15, 0.2) is 29.1 Å². The third-order valence-electron chi connectivity index (χ3n) is 4.02. The number of anilines is 1. The Morgan fingerprint density at radius 3 is 2.50 bits per heavy atom. The van der Waals surface area contributed by atoms with E-state index in [1.54, 1.807) is 0 Å². The zero-order valence-electron chi connectivity index (χ0n) is 13.1. The summed E-state index contributed by atoms with van der Waals surface area (Å²) in [6.07, 6.45) is 0.630. The summed E-state index contributed by atoms with van der Waals surface area (Å²) in [6, 6.07) is 8.30. The number of nitrogens with zero attached hydrogens (tertiary/aromatic N) is 2. The van der Waals surface area contributed by atoms with Crippen LogP contribution in [-0.2, 0) is 6.42 Å². The summed E-state index contributed by atoms with van der Waals surface area (Å²) >= 11 is 1.95. The molecule has 2 aromatic rings. The number of aromatic nitrogens is 2. The summed E-state index contributed by atoms with van der Waals surface area (Å²) in [5.74, 6) is 2.90. The zero-order valence-corrected chi connectivity index (χ0v) is 13.9. The van der Waals surface area contributed by atoms with Gasteiger partial charge in [-0.15, -0.1) is 0 Å². The van der Waals surface area contributed by atoms with Gasteiger partial charge in [0.15, 0.2) is 0 Å². The Bertz CT molecular complexity index is 703. The first kappa shape index (κ1) is 15.2. The summed E-state index contributed by atoms with van der Waals surface area (Å²) in [4.78, 5) is 22.2. The second kappa shape index (κ2) is 6.57. The minimum Gasteiger partial charge on any atom is -0.341 e. The minimum absolute atomic E-state index is 0.0127. The summed E-state index contributed by atoms with van der Waals surface area (Å²) in [6.45, 7) is 5.89. The Labute approximate surface area is 135 Å². The molecule has 0 aliphatic carbocycles. The topological polar surface area (TPSA) is 49.0 Å². The van der Waals surface area contributed by atoms with Crippen molar-refractivity contribution in [3.63, 3.8) is 0 Å². The molecule has 4 nitrogen and oxygen atoms in total. The van der Waals surface area contributed by atoms with E-state index in [4.69, 9.17) is 0 Å². The molecule has 0 bridgehead atoms. The van der Waals surface area contributed by atoms with Crippen LogP contribution in [0.3, 0.4) is 0 Å². The Morgan fingerprint density at radius 2 is 1.86 bits per heavy atom. The SMILES string of the molecule is Cc1ccc(Cc2c(C)nc(N3CCSCC3)[nH]c2=O)cc1. The van der Waals surface area contributed by atoms with E-state index in [0.29, 0.717) is 6.42 Å². The molecule has 1 N–H and O–H groups in total. The first-order valence-electron chi connectivity index (χ1n) is 7.61. The van der Waals surface area contributed by atoms with Crippen molar-refractivity contribution < 1.29 is 0 Å². The normalized spacial score (nSPS) is 15.1. The van der Waals surface area contributed by atoms with Crippen LogP contribution in [-0.4, -0.2) is 34.6 Å². The van der Waals surface area contributed by atoms with E-state index >= 15 is 0 Å². The molecule has 5 heteroatoms. The van der Waals surface area contributed by atoms with E-state index in [1.807, 2.05) is 18.7 Å². The highest BCUT2D eigenvalue weighted by Crippen LogP contribution is 2.16. The maximum absolute atomic E-state index is 12.4. The molecule has 0 amide bonds. The molecule has 0 spiro atoms. The van der Waals surface area contributed by atoms with Gasteiger partial charge in [0, 0.05) is 36.6 Å². The van der Waals surface area contributed by atoms with Crippen molar-refractivity contribution in [2.24, 2.45) is 0 Å². The second-order valence-corrected chi connectivity index (χ2v) is 6.94. The van der Waals surface area contributed by atoms with Gasteiger partial charge in [-0.3, -0.25) is 9.78 Å². The quantitative estimate of drug-likeness (QED) is 0.945. The fourth-order valence-corrected chi connectivity index (χ4v) is 3.54. The van der Waals surface area contributed by atoms with Gasteiger partial charge in [-0.1, -0.05) is 29.8 Å². The van der Waals surface area contributed by atoms with Crippen molar-refractivity contribution in [1.82, 2.24) is 9.97 Å². The molecule has 0 atom stereocenters. The Balaban J connectivity index is 1.86. The molecule has 1 fully saturated rings. The van der Waals surface area contributed by atoms with Crippen molar-refractivity contribution in [3.8, 4) is 0 Å². The average Bonchev–Trinajstić information content (AvgIpc) is 2.53. The molecule has 3 rings (SSSR count). The van der Waals surface area contributed by atoms with Crippen LogP contribution >= 0.6 is 11.8 Å². The fourth-order valence-electron chi connectivity index (χ4n) is 2.64. The largest absolute Gasteiger partial charge is 0.341 e. The maximum atomic E-state index is 12.4. The highest BCUT2D eigenvalue weighted by Gasteiger charge is 2.16.